The lowest BCUT2D eigenvalue weighted by molar-refractivity contribution is -0.134. The lowest BCUT2D eigenvalue weighted by atomic mass is 9.99. The Bertz CT molecular complexity index is 376. The summed E-state index contributed by atoms with van der Waals surface area (Å²) in [5, 5.41) is 2.80. The van der Waals surface area contributed by atoms with E-state index in [4.69, 9.17) is 5.73 Å². The SMILES string of the molecule is CCNC(=O)CN1CCN(C(=O)C[C@@H]2CCC[C@H]2N)CC1.Cl.Cl. The third kappa shape index (κ3) is 6.83. The predicted octanol–water partition coefficient (Wildman–Crippen LogP) is 0.628. The Morgan fingerprint density at radius 2 is 1.78 bits per heavy atom. The second-order valence-corrected chi connectivity index (χ2v) is 6.17. The fourth-order valence-corrected chi connectivity index (χ4v) is 3.28. The van der Waals surface area contributed by atoms with Gasteiger partial charge in [-0.15, -0.1) is 24.8 Å². The summed E-state index contributed by atoms with van der Waals surface area (Å²) in [4.78, 5) is 27.9. The minimum atomic E-state index is 0. The van der Waals surface area contributed by atoms with Crippen LogP contribution in [0.2, 0.25) is 0 Å². The van der Waals surface area contributed by atoms with Gasteiger partial charge in [0.15, 0.2) is 0 Å². The van der Waals surface area contributed by atoms with Crippen molar-refractivity contribution in [1.29, 1.82) is 0 Å². The Kier molecular flexibility index (Phi) is 10.8. The molecule has 1 saturated carbocycles. The van der Waals surface area contributed by atoms with Crippen LogP contribution in [-0.2, 0) is 9.59 Å². The Hall–Kier alpha value is -0.560. The number of likely N-dealkylation sites (N-methyl/N-ethyl adjacent to an activating group) is 1. The Morgan fingerprint density at radius 1 is 1.13 bits per heavy atom. The van der Waals surface area contributed by atoms with Gasteiger partial charge in [-0.1, -0.05) is 6.42 Å². The number of nitrogens with two attached hydrogens (primary N) is 1. The van der Waals surface area contributed by atoms with Crippen molar-refractivity contribution in [3.8, 4) is 0 Å². The molecule has 1 aliphatic heterocycles. The molecule has 2 amide bonds. The lowest BCUT2D eigenvalue weighted by Crippen LogP contribution is -2.51. The fraction of sp³-hybridized carbons (Fsp3) is 0.867. The molecule has 23 heavy (non-hydrogen) atoms. The molecule has 2 fully saturated rings. The molecule has 2 atom stereocenters. The first kappa shape index (κ1) is 22.4. The Labute approximate surface area is 151 Å². The maximum absolute atomic E-state index is 12.3. The molecule has 3 N–H and O–H groups in total. The summed E-state index contributed by atoms with van der Waals surface area (Å²) in [5.41, 5.74) is 6.04. The van der Waals surface area contributed by atoms with E-state index in [2.05, 4.69) is 10.2 Å². The molecule has 1 saturated heterocycles. The molecule has 0 aromatic carbocycles. The molecule has 1 aliphatic carbocycles. The quantitative estimate of drug-likeness (QED) is 0.745. The van der Waals surface area contributed by atoms with Crippen LogP contribution in [0.15, 0.2) is 0 Å². The number of hydrogen-bond donors (Lipinski definition) is 2. The molecular weight excluding hydrogens is 339 g/mol. The first-order valence-electron chi connectivity index (χ1n) is 8.12. The molecule has 2 aliphatic rings. The number of carbonyl (C=O) groups excluding carboxylic acids is 2. The number of halogens is 2. The van der Waals surface area contributed by atoms with Gasteiger partial charge in [-0.3, -0.25) is 14.5 Å². The lowest BCUT2D eigenvalue weighted by Gasteiger charge is -2.35. The van der Waals surface area contributed by atoms with Gasteiger partial charge in [-0.25, -0.2) is 0 Å². The third-order valence-corrected chi connectivity index (χ3v) is 4.62. The van der Waals surface area contributed by atoms with E-state index in [9.17, 15) is 9.59 Å². The molecule has 0 aromatic heterocycles. The highest BCUT2D eigenvalue weighted by atomic mass is 35.5. The molecule has 0 radical (unpaired) electrons. The van der Waals surface area contributed by atoms with Crippen LogP contribution in [0.1, 0.15) is 32.6 Å². The van der Waals surface area contributed by atoms with E-state index in [1.54, 1.807) is 0 Å². The van der Waals surface area contributed by atoms with Crippen LogP contribution in [0.4, 0.5) is 0 Å². The largest absolute Gasteiger partial charge is 0.355 e. The average molecular weight is 369 g/mol. The summed E-state index contributed by atoms with van der Waals surface area (Å²) in [6.45, 7) is 6.02. The van der Waals surface area contributed by atoms with Gasteiger partial charge in [0.05, 0.1) is 6.54 Å². The molecule has 0 unspecified atom stereocenters. The number of nitrogens with one attached hydrogen (secondary N) is 1. The number of rotatable bonds is 5. The van der Waals surface area contributed by atoms with Gasteiger partial charge in [-0.2, -0.15) is 0 Å². The molecule has 1 heterocycles. The van der Waals surface area contributed by atoms with Crippen LogP contribution in [0.5, 0.6) is 0 Å². The third-order valence-electron chi connectivity index (χ3n) is 4.62. The molecule has 0 aromatic rings. The summed E-state index contributed by atoms with van der Waals surface area (Å²) in [5.74, 6) is 0.662. The molecular formula is C15H30Cl2N4O2. The highest BCUT2D eigenvalue weighted by Crippen LogP contribution is 2.27. The molecule has 8 heteroatoms. The van der Waals surface area contributed by atoms with Crippen LogP contribution in [-0.4, -0.2) is 66.9 Å². The fourth-order valence-electron chi connectivity index (χ4n) is 3.28. The van der Waals surface area contributed by atoms with Crippen molar-refractivity contribution >= 4 is 36.6 Å². The number of nitrogens with zero attached hydrogens (tertiary/aromatic N) is 2. The molecule has 2 rings (SSSR count). The predicted molar refractivity (Wildman–Crippen MR) is 96.1 cm³/mol. The zero-order valence-electron chi connectivity index (χ0n) is 13.8. The molecule has 136 valence electrons. The van der Waals surface area contributed by atoms with Crippen LogP contribution >= 0.6 is 24.8 Å². The van der Waals surface area contributed by atoms with E-state index in [1.165, 1.54) is 0 Å². The van der Waals surface area contributed by atoms with Gasteiger partial charge in [0.1, 0.15) is 0 Å². The first-order chi connectivity index (χ1) is 10.1. The van der Waals surface area contributed by atoms with Crippen LogP contribution in [0.3, 0.4) is 0 Å². The summed E-state index contributed by atoms with van der Waals surface area (Å²) in [6, 6.07) is 0.202. The minimum absolute atomic E-state index is 0. The smallest absolute Gasteiger partial charge is 0.234 e. The maximum Gasteiger partial charge on any atom is 0.234 e. The van der Waals surface area contributed by atoms with Crippen LogP contribution in [0.25, 0.3) is 0 Å². The van der Waals surface area contributed by atoms with Gasteiger partial charge in [0, 0.05) is 45.2 Å². The Balaban J connectivity index is 0.00000242. The van der Waals surface area contributed by atoms with Gasteiger partial charge < -0.3 is 16.0 Å². The Morgan fingerprint density at radius 3 is 2.30 bits per heavy atom. The van der Waals surface area contributed by atoms with Crippen molar-refractivity contribution in [3.63, 3.8) is 0 Å². The average Bonchev–Trinajstić information content (AvgIpc) is 2.85. The van der Waals surface area contributed by atoms with Crippen LogP contribution in [0, 0.1) is 5.92 Å². The summed E-state index contributed by atoms with van der Waals surface area (Å²) >= 11 is 0. The van der Waals surface area contributed by atoms with Gasteiger partial charge in [0.25, 0.3) is 0 Å². The summed E-state index contributed by atoms with van der Waals surface area (Å²) in [6.07, 6.45) is 3.89. The van der Waals surface area contributed by atoms with E-state index in [1.807, 2.05) is 11.8 Å². The van der Waals surface area contributed by atoms with Gasteiger partial charge in [0.2, 0.25) is 11.8 Å². The van der Waals surface area contributed by atoms with E-state index in [0.717, 1.165) is 45.4 Å². The highest BCUT2D eigenvalue weighted by Gasteiger charge is 2.29. The zero-order chi connectivity index (χ0) is 15.2. The second-order valence-electron chi connectivity index (χ2n) is 6.17. The monoisotopic (exact) mass is 368 g/mol. The van der Waals surface area contributed by atoms with E-state index in [-0.39, 0.29) is 42.7 Å². The second kappa shape index (κ2) is 11.1. The van der Waals surface area contributed by atoms with Crippen molar-refractivity contribution < 1.29 is 9.59 Å². The van der Waals surface area contributed by atoms with Crippen molar-refractivity contribution in [2.45, 2.75) is 38.6 Å². The maximum atomic E-state index is 12.3. The van der Waals surface area contributed by atoms with E-state index < -0.39 is 0 Å². The number of amides is 2. The van der Waals surface area contributed by atoms with Crippen molar-refractivity contribution in [2.75, 3.05) is 39.3 Å². The number of piperazine rings is 1. The van der Waals surface area contributed by atoms with E-state index in [0.29, 0.717) is 25.4 Å². The van der Waals surface area contributed by atoms with Gasteiger partial charge >= 0.3 is 0 Å². The van der Waals surface area contributed by atoms with Crippen molar-refractivity contribution in [1.82, 2.24) is 15.1 Å². The summed E-state index contributed by atoms with van der Waals surface area (Å²) < 4.78 is 0. The zero-order valence-corrected chi connectivity index (χ0v) is 15.5. The highest BCUT2D eigenvalue weighted by molar-refractivity contribution is 5.85. The normalized spacial score (nSPS) is 24.5. The standard InChI is InChI=1S/C15H28N4O2.2ClH/c1-2-17-14(20)11-18-6-8-19(9-7-18)15(21)10-12-4-3-5-13(12)16;;/h12-13H,2-11,16H2,1H3,(H,17,20);2*1H/t12-,13+;;/m0../s1. The van der Waals surface area contributed by atoms with Gasteiger partial charge in [-0.05, 0) is 25.7 Å². The first-order valence-corrected chi connectivity index (χ1v) is 8.12. The summed E-state index contributed by atoms with van der Waals surface area (Å²) in [7, 11) is 0. The van der Waals surface area contributed by atoms with E-state index >= 15 is 0 Å². The molecule has 6 nitrogen and oxygen atoms in total. The minimum Gasteiger partial charge on any atom is -0.355 e. The van der Waals surface area contributed by atoms with Crippen molar-refractivity contribution in [2.24, 2.45) is 11.7 Å². The van der Waals surface area contributed by atoms with Crippen LogP contribution < -0.4 is 11.1 Å². The molecule has 0 spiro atoms. The topological polar surface area (TPSA) is 78.7 Å². The van der Waals surface area contributed by atoms with Crippen molar-refractivity contribution in [3.05, 3.63) is 0 Å². The number of carbonyl (C=O) groups is 2. The molecule has 0 bridgehead atoms. The number of hydrogen-bond acceptors (Lipinski definition) is 4.